The first kappa shape index (κ1) is 20.1. The maximum absolute atomic E-state index is 13.0. The first-order valence-corrected chi connectivity index (χ1v) is 10.6. The van der Waals surface area contributed by atoms with Crippen LogP contribution in [0.15, 0.2) is 60.7 Å². The van der Waals surface area contributed by atoms with E-state index in [2.05, 4.69) is 0 Å². The van der Waals surface area contributed by atoms with E-state index < -0.39 is 5.41 Å². The van der Waals surface area contributed by atoms with Crippen LogP contribution in [0, 0.1) is 5.41 Å². The van der Waals surface area contributed by atoms with Gasteiger partial charge in [-0.15, -0.1) is 11.3 Å². The molecule has 0 radical (unpaired) electrons. The summed E-state index contributed by atoms with van der Waals surface area (Å²) in [6, 6.07) is 19.9. The summed E-state index contributed by atoms with van der Waals surface area (Å²) in [6.07, 6.45) is 0. The predicted octanol–water partition coefficient (Wildman–Crippen LogP) is 6.45. The zero-order chi connectivity index (χ0) is 21.5. The molecule has 30 heavy (non-hydrogen) atoms. The molecule has 0 fully saturated rings. The Balaban J connectivity index is 2.01. The Kier molecular flexibility index (Phi) is 5.08. The SMILES string of the molecule is COc1ccc(-c2cc(-c3ccccc3)nc3sc(C(=O)C(C)(C)C)c(N)c23)cc1. The Morgan fingerprint density at radius 3 is 2.27 bits per heavy atom. The lowest BCUT2D eigenvalue weighted by Crippen LogP contribution is -2.20. The van der Waals surface area contributed by atoms with E-state index in [1.54, 1.807) is 7.11 Å². The van der Waals surface area contributed by atoms with Gasteiger partial charge in [-0.05, 0) is 29.3 Å². The van der Waals surface area contributed by atoms with Crippen LogP contribution in [0.1, 0.15) is 30.4 Å². The van der Waals surface area contributed by atoms with Crippen LogP contribution < -0.4 is 10.5 Å². The third-order valence-corrected chi connectivity index (χ3v) is 6.16. The Morgan fingerprint density at radius 1 is 1.00 bits per heavy atom. The highest BCUT2D eigenvalue weighted by Gasteiger charge is 2.29. The zero-order valence-electron chi connectivity index (χ0n) is 17.5. The number of thiophene rings is 1. The van der Waals surface area contributed by atoms with Crippen LogP contribution in [-0.2, 0) is 0 Å². The molecule has 0 saturated carbocycles. The summed E-state index contributed by atoms with van der Waals surface area (Å²) in [7, 11) is 1.65. The van der Waals surface area contributed by atoms with Crippen molar-refractivity contribution in [3.05, 3.63) is 65.5 Å². The number of nitrogen functional groups attached to an aromatic ring is 1. The quantitative estimate of drug-likeness (QED) is 0.388. The number of ketones is 1. The number of nitrogens with two attached hydrogens (primary N) is 1. The molecule has 5 heteroatoms. The van der Waals surface area contributed by atoms with Gasteiger partial charge in [0, 0.05) is 16.4 Å². The second-order valence-electron chi connectivity index (χ2n) is 8.25. The number of benzene rings is 2. The maximum Gasteiger partial charge on any atom is 0.180 e. The molecule has 152 valence electrons. The molecule has 0 aliphatic heterocycles. The number of pyridine rings is 1. The maximum atomic E-state index is 13.0. The zero-order valence-corrected chi connectivity index (χ0v) is 18.3. The molecule has 0 aliphatic carbocycles. The molecule has 4 aromatic rings. The topological polar surface area (TPSA) is 65.2 Å². The van der Waals surface area contributed by atoms with Crippen molar-refractivity contribution in [3.8, 4) is 28.1 Å². The number of fused-ring (bicyclic) bond motifs is 1. The molecule has 0 atom stereocenters. The molecule has 0 bridgehead atoms. The second kappa shape index (κ2) is 7.58. The van der Waals surface area contributed by atoms with Crippen molar-refractivity contribution in [3.63, 3.8) is 0 Å². The molecule has 0 aliphatic rings. The van der Waals surface area contributed by atoms with Gasteiger partial charge in [-0.3, -0.25) is 4.79 Å². The van der Waals surface area contributed by atoms with Gasteiger partial charge in [-0.2, -0.15) is 0 Å². The Labute approximate surface area is 180 Å². The van der Waals surface area contributed by atoms with Crippen LogP contribution in [0.25, 0.3) is 32.6 Å². The second-order valence-corrected chi connectivity index (χ2v) is 9.25. The van der Waals surface area contributed by atoms with Crippen molar-refractivity contribution in [1.82, 2.24) is 4.98 Å². The fourth-order valence-electron chi connectivity index (χ4n) is 3.39. The van der Waals surface area contributed by atoms with Crippen molar-refractivity contribution >= 4 is 33.0 Å². The summed E-state index contributed by atoms with van der Waals surface area (Å²) in [5.41, 5.74) is 10.4. The number of ether oxygens (including phenoxy) is 1. The van der Waals surface area contributed by atoms with E-state index in [1.807, 2.05) is 81.4 Å². The van der Waals surface area contributed by atoms with Gasteiger partial charge in [-0.25, -0.2) is 4.98 Å². The van der Waals surface area contributed by atoms with Gasteiger partial charge >= 0.3 is 0 Å². The van der Waals surface area contributed by atoms with Gasteiger partial charge in [0.05, 0.1) is 23.4 Å². The molecule has 2 aromatic carbocycles. The molecule has 2 aromatic heterocycles. The Bertz CT molecular complexity index is 1220. The van der Waals surface area contributed by atoms with E-state index in [9.17, 15) is 4.79 Å². The molecule has 0 unspecified atom stereocenters. The van der Waals surface area contributed by atoms with Crippen LogP contribution >= 0.6 is 11.3 Å². The summed E-state index contributed by atoms with van der Waals surface area (Å²) in [6.45, 7) is 5.73. The highest BCUT2D eigenvalue weighted by molar-refractivity contribution is 7.21. The summed E-state index contributed by atoms with van der Waals surface area (Å²) in [4.78, 5) is 19.2. The first-order chi connectivity index (χ1) is 14.3. The normalized spacial score (nSPS) is 11.6. The number of aromatic nitrogens is 1. The lowest BCUT2D eigenvalue weighted by atomic mass is 9.89. The van der Waals surface area contributed by atoms with Crippen LogP contribution in [0.5, 0.6) is 5.75 Å². The van der Waals surface area contributed by atoms with E-state index >= 15 is 0 Å². The van der Waals surface area contributed by atoms with Crippen molar-refractivity contribution in [2.45, 2.75) is 20.8 Å². The van der Waals surface area contributed by atoms with Crippen molar-refractivity contribution < 1.29 is 9.53 Å². The van der Waals surface area contributed by atoms with Gasteiger partial charge in [0.1, 0.15) is 10.6 Å². The van der Waals surface area contributed by atoms with Gasteiger partial charge in [0.25, 0.3) is 0 Å². The number of anilines is 1. The van der Waals surface area contributed by atoms with E-state index in [1.165, 1.54) is 11.3 Å². The Hall–Kier alpha value is -3.18. The van der Waals surface area contributed by atoms with Crippen molar-refractivity contribution in [1.29, 1.82) is 0 Å². The molecule has 2 N–H and O–H groups in total. The minimum atomic E-state index is -0.516. The number of methoxy groups -OCH3 is 1. The first-order valence-electron chi connectivity index (χ1n) is 9.77. The minimum Gasteiger partial charge on any atom is -0.497 e. The number of Topliss-reactive ketones (excluding diaryl/α,β-unsaturated/α-hetero) is 1. The van der Waals surface area contributed by atoms with E-state index in [0.717, 1.165) is 38.4 Å². The molecular formula is C25H24N2O2S. The van der Waals surface area contributed by atoms with E-state index in [-0.39, 0.29) is 5.78 Å². The average Bonchev–Trinajstić information content (AvgIpc) is 3.09. The van der Waals surface area contributed by atoms with E-state index in [0.29, 0.717) is 10.6 Å². The summed E-state index contributed by atoms with van der Waals surface area (Å²) in [5, 5.41) is 0.831. The predicted molar refractivity (Wildman–Crippen MR) is 125 cm³/mol. The lowest BCUT2D eigenvalue weighted by molar-refractivity contribution is 0.0863. The van der Waals surface area contributed by atoms with Crippen LogP contribution in [0.2, 0.25) is 0 Å². The molecular weight excluding hydrogens is 392 g/mol. The summed E-state index contributed by atoms with van der Waals surface area (Å²) in [5.74, 6) is 0.819. The Morgan fingerprint density at radius 2 is 1.67 bits per heavy atom. The number of hydrogen-bond donors (Lipinski definition) is 1. The fourth-order valence-corrected chi connectivity index (χ4v) is 4.66. The monoisotopic (exact) mass is 416 g/mol. The molecule has 0 saturated heterocycles. The number of hydrogen-bond acceptors (Lipinski definition) is 5. The molecule has 4 rings (SSSR count). The number of rotatable bonds is 4. The van der Waals surface area contributed by atoms with Crippen LogP contribution in [0.3, 0.4) is 0 Å². The average molecular weight is 417 g/mol. The highest BCUT2D eigenvalue weighted by atomic mass is 32.1. The highest BCUT2D eigenvalue weighted by Crippen LogP contribution is 2.43. The largest absolute Gasteiger partial charge is 0.497 e. The van der Waals surface area contributed by atoms with Gasteiger partial charge in [-0.1, -0.05) is 63.2 Å². The third-order valence-electron chi connectivity index (χ3n) is 5.06. The molecule has 4 nitrogen and oxygen atoms in total. The molecule has 2 heterocycles. The van der Waals surface area contributed by atoms with Crippen LogP contribution in [0.4, 0.5) is 5.69 Å². The third kappa shape index (κ3) is 3.57. The lowest BCUT2D eigenvalue weighted by Gasteiger charge is -2.15. The van der Waals surface area contributed by atoms with Gasteiger partial charge in [0.2, 0.25) is 0 Å². The van der Waals surface area contributed by atoms with Gasteiger partial charge < -0.3 is 10.5 Å². The fraction of sp³-hybridized carbons (Fsp3) is 0.200. The summed E-state index contributed by atoms with van der Waals surface area (Å²) < 4.78 is 5.30. The van der Waals surface area contributed by atoms with Crippen LogP contribution in [-0.4, -0.2) is 17.9 Å². The molecule has 0 spiro atoms. The number of carbonyl (C=O) groups is 1. The number of carbonyl (C=O) groups excluding carboxylic acids is 1. The summed E-state index contributed by atoms with van der Waals surface area (Å²) >= 11 is 1.37. The molecule has 0 amide bonds. The van der Waals surface area contributed by atoms with Crippen molar-refractivity contribution in [2.75, 3.05) is 12.8 Å². The minimum absolute atomic E-state index is 0.0324. The van der Waals surface area contributed by atoms with E-state index in [4.69, 9.17) is 15.5 Å². The van der Waals surface area contributed by atoms with Gasteiger partial charge in [0.15, 0.2) is 5.78 Å². The number of nitrogens with zero attached hydrogens (tertiary/aromatic N) is 1. The van der Waals surface area contributed by atoms with Crippen molar-refractivity contribution in [2.24, 2.45) is 5.41 Å². The standard InChI is InChI=1S/C25H24N2O2S/c1-25(2,3)23(28)22-21(26)20-18(15-10-12-17(29-4)13-11-15)14-19(27-24(20)30-22)16-8-6-5-7-9-16/h5-14H,26H2,1-4H3. The smallest absolute Gasteiger partial charge is 0.180 e.